The van der Waals surface area contributed by atoms with Crippen molar-refractivity contribution < 1.29 is 14.3 Å². The molecule has 3 aromatic heterocycles. The van der Waals surface area contributed by atoms with Crippen molar-refractivity contribution >= 4 is 17.4 Å². The number of methoxy groups -OCH3 is 1. The molecule has 49 heavy (non-hydrogen) atoms. The lowest BCUT2D eigenvalue weighted by Crippen LogP contribution is -2.42. The van der Waals surface area contributed by atoms with Gasteiger partial charge in [-0.25, -0.2) is 14.8 Å². The lowest BCUT2D eigenvalue weighted by Gasteiger charge is -2.44. The number of nitrogens with zero attached hydrogens (tertiary/aromatic N) is 6. The quantitative estimate of drug-likeness (QED) is 0.150. The van der Waals surface area contributed by atoms with Crippen LogP contribution in [0.4, 0.5) is 5.82 Å². The number of benzene rings is 1. The molecular formula is C40H54N6O3. The van der Waals surface area contributed by atoms with Crippen molar-refractivity contribution in [3.63, 3.8) is 0 Å². The van der Waals surface area contributed by atoms with E-state index in [1.54, 1.807) is 0 Å². The van der Waals surface area contributed by atoms with Gasteiger partial charge in [0.15, 0.2) is 11.8 Å². The summed E-state index contributed by atoms with van der Waals surface area (Å²) in [6.45, 7) is 16.1. The molecule has 1 atom stereocenters. The molecule has 1 fully saturated rings. The molecule has 7 rings (SSSR count). The minimum atomic E-state index is -0.947. The van der Waals surface area contributed by atoms with Crippen molar-refractivity contribution in [3.05, 3.63) is 71.0 Å². The van der Waals surface area contributed by atoms with Crippen molar-refractivity contribution in [2.75, 3.05) is 25.1 Å². The van der Waals surface area contributed by atoms with E-state index in [1.807, 2.05) is 32.2 Å². The van der Waals surface area contributed by atoms with E-state index in [9.17, 15) is 4.79 Å². The van der Waals surface area contributed by atoms with E-state index in [2.05, 4.69) is 72.7 Å². The SMILES string of the molecule is CCCCC12CCC=CCCc3nc(C)c(C)n3-c3cccc(c3)-c3cc4nc(C)c(C(OC(C)(C)C)C(=O)OC)c(n4n3)N(CC1)CC2. The van der Waals surface area contributed by atoms with Gasteiger partial charge >= 0.3 is 5.97 Å². The van der Waals surface area contributed by atoms with Gasteiger partial charge in [-0.05, 0) is 97.6 Å². The smallest absolute Gasteiger partial charge is 0.339 e. The van der Waals surface area contributed by atoms with Crippen molar-refractivity contribution in [1.29, 1.82) is 0 Å². The number of anilines is 1. The van der Waals surface area contributed by atoms with Gasteiger partial charge < -0.3 is 18.9 Å². The molecular weight excluding hydrogens is 612 g/mol. The van der Waals surface area contributed by atoms with Gasteiger partial charge in [-0.2, -0.15) is 9.61 Å². The Morgan fingerprint density at radius 2 is 1.76 bits per heavy atom. The number of allylic oxidation sites excluding steroid dienone is 2. The molecule has 4 aromatic rings. The van der Waals surface area contributed by atoms with E-state index in [0.29, 0.717) is 0 Å². The predicted molar refractivity (Wildman–Crippen MR) is 195 cm³/mol. The van der Waals surface area contributed by atoms with Crippen LogP contribution in [0, 0.1) is 26.2 Å². The van der Waals surface area contributed by atoms with Gasteiger partial charge in [-0.15, -0.1) is 0 Å². The summed E-state index contributed by atoms with van der Waals surface area (Å²) in [6.07, 6.45) is 13.7. The monoisotopic (exact) mass is 666 g/mol. The fraction of sp³-hybridized carbons (Fsp3) is 0.550. The highest BCUT2D eigenvalue weighted by Crippen LogP contribution is 2.44. The average molecular weight is 667 g/mol. The third-order valence-corrected chi connectivity index (χ3v) is 10.5. The molecule has 3 aliphatic rings. The molecule has 262 valence electrons. The highest BCUT2D eigenvalue weighted by Gasteiger charge is 2.39. The van der Waals surface area contributed by atoms with Crippen LogP contribution in [-0.4, -0.2) is 55.9 Å². The Morgan fingerprint density at radius 3 is 2.47 bits per heavy atom. The van der Waals surface area contributed by atoms with Crippen LogP contribution in [-0.2, 0) is 20.7 Å². The summed E-state index contributed by atoms with van der Waals surface area (Å²) in [5.74, 6) is 1.51. The number of imidazole rings is 1. The number of hydrogen-bond donors (Lipinski definition) is 0. The summed E-state index contributed by atoms with van der Waals surface area (Å²) >= 11 is 0. The van der Waals surface area contributed by atoms with E-state index in [0.717, 1.165) is 102 Å². The number of hydrogen-bond acceptors (Lipinski definition) is 7. The van der Waals surface area contributed by atoms with E-state index in [-0.39, 0.29) is 5.41 Å². The van der Waals surface area contributed by atoms with Crippen LogP contribution in [0.15, 0.2) is 42.5 Å². The Kier molecular flexibility index (Phi) is 10.0. The summed E-state index contributed by atoms with van der Waals surface area (Å²) in [5.41, 5.74) is 6.99. The van der Waals surface area contributed by atoms with Gasteiger partial charge in [0.1, 0.15) is 11.6 Å². The molecule has 0 N–H and O–H groups in total. The molecule has 3 aliphatic heterocycles. The maximum absolute atomic E-state index is 13.5. The molecule has 0 spiro atoms. The largest absolute Gasteiger partial charge is 0.467 e. The lowest BCUT2D eigenvalue weighted by atomic mass is 9.71. The van der Waals surface area contributed by atoms with Crippen LogP contribution in [0.2, 0.25) is 0 Å². The predicted octanol–water partition coefficient (Wildman–Crippen LogP) is 8.60. The van der Waals surface area contributed by atoms with Gasteiger partial charge in [-0.3, -0.25) is 0 Å². The summed E-state index contributed by atoms with van der Waals surface area (Å²) < 4.78 is 16.1. The Balaban J connectivity index is 1.56. The van der Waals surface area contributed by atoms with E-state index >= 15 is 0 Å². The first kappa shape index (κ1) is 34.9. The maximum Gasteiger partial charge on any atom is 0.339 e. The maximum atomic E-state index is 13.5. The number of esters is 1. The summed E-state index contributed by atoms with van der Waals surface area (Å²) in [4.78, 5) is 26.0. The summed E-state index contributed by atoms with van der Waals surface area (Å²) in [7, 11) is 1.42. The minimum absolute atomic E-state index is 0.281. The average Bonchev–Trinajstić information content (AvgIpc) is 3.62. The van der Waals surface area contributed by atoms with Crippen LogP contribution in [0.3, 0.4) is 0 Å². The first-order valence-corrected chi connectivity index (χ1v) is 18.1. The molecule has 0 saturated carbocycles. The molecule has 9 nitrogen and oxygen atoms in total. The second-order valence-corrected chi connectivity index (χ2v) is 15.1. The molecule has 0 aliphatic carbocycles. The highest BCUT2D eigenvalue weighted by molar-refractivity contribution is 5.80. The van der Waals surface area contributed by atoms with Gasteiger partial charge in [0, 0.05) is 48.2 Å². The van der Waals surface area contributed by atoms with E-state index < -0.39 is 17.7 Å². The molecule has 1 saturated heterocycles. The first-order valence-electron chi connectivity index (χ1n) is 18.1. The zero-order valence-electron chi connectivity index (χ0n) is 30.8. The Bertz CT molecular complexity index is 1840. The van der Waals surface area contributed by atoms with Gasteiger partial charge in [0.2, 0.25) is 0 Å². The number of fused-ring (bicyclic) bond motifs is 6. The standard InChI is InChI=1S/C40H54N6O3/c1-9-10-19-40-20-14-12-11-13-18-33-41-27(2)29(4)45(33)31-17-15-16-30(25-31)32-26-34-42-28(3)35(36(38(47)48-8)49-39(5,6)7)37(46(34)43-32)44(23-21-40)24-22-40/h11-12,15-17,25-26,36H,9-10,13-14,18-24H2,1-8H3. The topological polar surface area (TPSA) is 86.8 Å². The number of piperidine rings is 1. The third-order valence-electron chi connectivity index (χ3n) is 10.5. The van der Waals surface area contributed by atoms with Gasteiger partial charge in [-0.1, -0.05) is 44.1 Å². The second-order valence-electron chi connectivity index (χ2n) is 15.1. The molecule has 6 bridgehead atoms. The summed E-state index contributed by atoms with van der Waals surface area (Å²) in [5, 5.41) is 5.25. The number of aromatic nitrogens is 5. The van der Waals surface area contributed by atoms with Crippen LogP contribution >= 0.6 is 0 Å². The van der Waals surface area contributed by atoms with Crippen LogP contribution in [0.5, 0.6) is 0 Å². The van der Waals surface area contributed by atoms with E-state index in [4.69, 9.17) is 24.5 Å². The van der Waals surface area contributed by atoms with Crippen LogP contribution in [0.25, 0.3) is 22.6 Å². The first-order chi connectivity index (χ1) is 23.4. The lowest BCUT2D eigenvalue weighted by molar-refractivity contribution is -0.164. The molecule has 9 heteroatoms. The molecule has 0 radical (unpaired) electrons. The van der Waals surface area contributed by atoms with Crippen molar-refractivity contribution in [2.24, 2.45) is 5.41 Å². The Morgan fingerprint density at radius 1 is 1.00 bits per heavy atom. The molecule has 6 heterocycles. The fourth-order valence-electron chi connectivity index (χ4n) is 7.75. The second kappa shape index (κ2) is 14.1. The van der Waals surface area contributed by atoms with Gasteiger partial charge in [0.25, 0.3) is 0 Å². The normalized spacial score (nSPS) is 17.1. The Hall–Kier alpha value is -3.98. The number of rotatable bonds is 6. The number of carbonyl (C=O) groups excluding carboxylic acids is 1. The zero-order valence-corrected chi connectivity index (χ0v) is 30.8. The number of carbonyl (C=O) groups is 1. The van der Waals surface area contributed by atoms with Crippen molar-refractivity contribution in [2.45, 2.75) is 118 Å². The van der Waals surface area contributed by atoms with E-state index in [1.165, 1.54) is 32.8 Å². The highest BCUT2D eigenvalue weighted by atomic mass is 16.6. The molecule has 0 amide bonds. The molecule has 1 aromatic carbocycles. The zero-order chi connectivity index (χ0) is 34.9. The number of unbranched alkanes of at least 4 members (excludes halogenated alkanes) is 1. The molecule has 1 unspecified atom stereocenters. The van der Waals surface area contributed by atoms with Crippen molar-refractivity contribution in [1.82, 2.24) is 24.1 Å². The third kappa shape index (κ3) is 7.18. The number of aryl methyl sites for hydroxylation is 3. The fourth-order valence-corrected chi connectivity index (χ4v) is 7.75. The Labute approximate surface area is 291 Å². The van der Waals surface area contributed by atoms with Crippen molar-refractivity contribution in [3.8, 4) is 16.9 Å². The van der Waals surface area contributed by atoms with Crippen LogP contribution in [0.1, 0.15) is 114 Å². The minimum Gasteiger partial charge on any atom is -0.467 e. The van der Waals surface area contributed by atoms with Crippen LogP contribution < -0.4 is 4.90 Å². The van der Waals surface area contributed by atoms with Gasteiger partial charge in [0.05, 0.1) is 29.7 Å². The number of ether oxygens (including phenoxy) is 2. The summed E-state index contributed by atoms with van der Waals surface area (Å²) in [6, 6.07) is 10.6.